The Morgan fingerprint density at radius 1 is 1.53 bits per heavy atom. The molecule has 0 aliphatic carbocycles. The molecule has 84 valence electrons. The van der Waals surface area contributed by atoms with Crippen molar-refractivity contribution in [2.45, 2.75) is 26.9 Å². The summed E-state index contributed by atoms with van der Waals surface area (Å²) >= 11 is 3.39. The minimum atomic E-state index is -0.397. The Hall–Kier alpha value is -0.610. The smallest absolute Gasteiger partial charge is 0.140 e. The van der Waals surface area contributed by atoms with E-state index in [1.807, 2.05) is 32.9 Å². The zero-order valence-corrected chi connectivity index (χ0v) is 10.9. The lowest BCUT2D eigenvalue weighted by molar-refractivity contribution is 0.0745. The van der Waals surface area contributed by atoms with Crippen LogP contribution in [-0.4, -0.2) is 22.7 Å². The Morgan fingerprint density at radius 2 is 2.20 bits per heavy atom. The minimum absolute atomic E-state index is 0.117. The molecule has 0 saturated carbocycles. The van der Waals surface area contributed by atoms with Gasteiger partial charge in [0.15, 0.2) is 0 Å². The van der Waals surface area contributed by atoms with Crippen molar-refractivity contribution in [2.24, 2.45) is 5.41 Å². The van der Waals surface area contributed by atoms with Crippen molar-refractivity contribution in [3.8, 4) is 0 Å². The van der Waals surface area contributed by atoms with E-state index in [1.165, 1.54) is 0 Å². The highest BCUT2D eigenvalue weighted by molar-refractivity contribution is 9.10. The van der Waals surface area contributed by atoms with Crippen LogP contribution in [0.1, 0.15) is 20.8 Å². The van der Waals surface area contributed by atoms with Crippen molar-refractivity contribution in [3.05, 3.63) is 22.8 Å². The number of rotatable bonds is 3. The van der Waals surface area contributed by atoms with Crippen LogP contribution in [0.2, 0.25) is 0 Å². The van der Waals surface area contributed by atoms with Crippen LogP contribution < -0.4 is 5.32 Å². The lowest BCUT2D eigenvalue weighted by Gasteiger charge is -2.26. The number of nitrogens with one attached hydrogen (secondary N) is 1. The normalized spacial score (nSPS) is 13.7. The van der Waals surface area contributed by atoms with Gasteiger partial charge >= 0.3 is 0 Å². The highest BCUT2D eigenvalue weighted by Crippen LogP contribution is 2.22. The summed E-state index contributed by atoms with van der Waals surface area (Å²) in [6.07, 6.45) is 1.32. The molecule has 15 heavy (non-hydrogen) atoms. The second-order valence-corrected chi connectivity index (χ2v) is 5.45. The van der Waals surface area contributed by atoms with Gasteiger partial charge < -0.3 is 10.4 Å². The summed E-state index contributed by atoms with van der Waals surface area (Å²) in [5.74, 6) is 0.765. The van der Waals surface area contributed by atoms with Crippen LogP contribution in [-0.2, 0) is 0 Å². The SMILES string of the molecule is CC(C)(C)C(O)CNc1ncccc1Br. The maximum absolute atomic E-state index is 9.83. The summed E-state index contributed by atoms with van der Waals surface area (Å²) in [6, 6.07) is 3.77. The number of halogens is 1. The Morgan fingerprint density at radius 3 is 2.73 bits per heavy atom. The van der Waals surface area contributed by atoms with Gasteiger partial charge in [0.1, 0.15) is 5.82 Å². The van der Waals surface area contributed by atoms with Crippen molar-refractivity contribution in [1.29, 1.82) is 0 Å². The highest BCUT2D eigenvalue weighted by atomic mass is 79.9. The fourth-order valence-electron chi connectivity index (χ4n) is 1.02. The fourth-order valence-corrected chi connectivity index (χ4v) is 1.41. The predicted molar refractivity (Wildman–Crippen MR) is 65.9 cm³/mol. The Bertz CT molecular complexity index is 323. The molecule has 0 fully saturated rings. The van der Waals surface area contributed by atoms with Crippen LogP contribution in [0.3, 0.4) is 0 Å². The van der Waals surface area contributed by atoms with Gasteiger partial charge in [-0.3, -0.25) is 0 Å². The molecule has 1 aromatic heterocycles. The molecular formula is C11H17BrN2O. The standard InChI is InChI=1S/C11H17BrN2O/c1-11(2,3)9(15)7-14-10-8(12)5-4-6-13-10/h4-6,9,15H,7H2,1-3H3,(H,13,14). The second-order valence-electron chi connectivity index (χ2n) is 4.60. The molecule has 0 aliphatic rings. The molecule has 0 aliphatic heterocycles. The number of aliphatic hydroxyl groups is 1. The summed E-state index contributed by atoms with van der Waals surface area (Å²) < 4.78 is 0.908. The molecule has 1 aromatic rings. The van der Waals surface area contributed by atoms with E-state index < -0.39 is 6.10 Å². The predicted octanol–water partition coefficient (Wildman–Crippen LogP) is 2.66. The van der Waals surface area contributed by atoms with Gasteiger partial charge in [0.05, 0.1) is 10.6 Å². The van der Waals surface area contributed by atoms with E-state index in [2.05, 4.69) is 26.2 Å². The van der Waals surface area contributed by atoms with Gasteiger partial charge in [0.25, 0.3) is 0 Å². The third kappa shape index (κ3) is 3.80. The maximum Gasteiger partial charge on any atom is 0.140 e. The lowest BCUT2D eigenvalue weighted by Crippen LogP contribution is -2.33. The minimum Gasteiger partial charge on any atom is -0.391 e. The summed E-state index contributed by atoms with van der Waals surface area (Å²) in [4.78, 5) is 4.16. The van der Waals surface area contributed by atoms with E-state index in [9.17, 15) is 5.11 Å². The lowest BCUT2D eigenvalue weighted by atomic mass is 9.89. The maximum atomic E-state index is 9.83. The molecule has 0 bridgehead atoms. The first-order valence-corrected chi connectivity index (χ1v) is 5.73. The zero-order chi connectivity index (χ0) is 11.5. The van der Waals surface area contributed by atoms with Crippen molar-refractivity contribution in [1.82, 2.24) is 4.98 Å². The van der Waals surface area contributed by atoms with E-state index in [-0.39, 0.29) is 5.41 Å². The number of nitrogens with zero attached hydrogens (tertiary/aromatic N) is 1. The number of aromatic nitrogens is 1. The monoisotopic (exact) mass is 272 g/mol. The number of hydrogen-bond donors (Lipinski definition) is 2. The van der Waals surface area contributed by atoms with E-state index in [4.69, 9.17) is 0 Å². The van der Waals surface area contributed by atoms with Crippen LogP contribution in [0.25, 0.3) is 0 Å². The molecule has 1 heterocycles. The van der Waals surface area contributed by atoms with Gasteiger partial charge in [-0.05, 0) is 33.5 Å². The molecule has 0 saturated heterocycles. The van der Waals surface area contributed by atoms with Crippen molar-refractivity contribution < 1.29 is 5.11 Å². The summed E-state index contributed by atoms with van der Waals surface area (Å²) in [6.45, 7) is 6.52. The fraction of sp³-hybridized carbons (Fsp3) is 0.545. The largest absolute Gasteiger partial charge is 0.391 e. The van der Waals surface area contributed by atoms with Crippen molar-refractivity contribution in [3.63, 3.8) is 0 Å². The molecule has 4 heteroatoms. The molecule has 0 radical (unpaired) electrons. The molecule has 3 nitrogen and oxygen atoms in total. The highest BCUT2D eigenvalue weighted by Gasteiger charge is 2.21. The van der Waals surface area contributed by atoms with E-state index >= 15 is 0 Å². The second kappa shape index (κ2) is 4.94. The summed E-state index contributed by atoms with van der Waals surface area (Å²) in [7, 11) is 0. The Kier molecular flexibility index (Phi) is 4.11. The molecule has 0 amide bonds. The summed E-state index contributed by atoms with van der Waals surface area (Å²) in [5, 5.41) is 12.9. The first-order chi connectivity index (χ1) is 6.91. The van der Waals surface area contributed by atoms with Crippen LogP contribution in [0, 0.1) is 5.41 Å². The van der Waals surface area contributed by atoms with Gasteiger partial charge in [0.2, 0.25) is 0 Å². The van der Waals surface area contributed by atoms with Gasteiger partial charge in [0, 0.05) is 12.7 Å². The molecule has 1 atom stereocenters. The topological polar surface area (TPSA) is 45.1 Å². The molecule has 2 N–H and O–H groups in total. The van der Waals surface area contributed by atoms with E-state index in [0.29, 0.717) is 6.54 Å². The van der Waals surface area contributed by atoms with E-state index in [0.717, 1.165) is 10.3 Å². The van der Waals surface area contributed by atoms with Crippen LogP contribution in [0.5, 0.6) is 0 Å². The molecule has 1 unspecified atom stereocenters. The molecular weight excluding hydrogens is 256 g/mol. The van der Waals surface area contributed by atoms with Crippen LogP contribution in [0.15, 0.2) is 22.8 Å². The number of pyridine rings is 1. The molecule has 1 rings (SSSR count). The van der Waals surface area contributed by atoms with E-state index in [1.54, 1.807) is 6.20 Å². The number of anilines is 1. The Balaban J connectivity index is 2.55. The van der Waals surface area contributed by atoms with Gasteiger partial charge in [-0.2, -0.15) is 0 Å². The summed E-state index contributed by atoms with van der Waals surface area (Å²) in [5.41, 5.74) is -0.117. The van der Waals surface area contributed by atoms with Crippen LogP contribution >= 0.6 is 15.9 Å². The van der Waals surface area contributed by atoms with Gasteiger partial charge in [-0.25, -0.2) is 4.98 Å². The zero-order valence-electron chi connectivity index (χ0n) is 9.29. The average molecular weight is 273 g/mol. The van der Waals surface area contributed by atoms with Crippen LogP contribution in [0.4, 0.5) is 5.82 Å². The van der Waals surface area contributed by atoms with Gasteiger partial charge in [-0.15, -0.1) is 0 Å². The number of hydrogen-bond acceptors (Lipinski definition) is 3. The molecule has 0 spiro atoms. The van der Waals surface area contributed by atoms with Crippen molar-refractivity contribution in [2.75, 3.05) is 11.9 Å². The first kappa shape index (κ1) is 12.5. The third-order valence-electron chi connectivity index (χ3n) is 2.22. The average Bonchev–Trinajstić information content (AvgIpc) is 2.14. The number of aliphatic hydroxyl groups excluding tert-OH is 1. The van der Waals surface area contributed by atoms with Gasteiger partial charge in [-0.1, -0.05) is 20.8 Å². The third-order valence-corrected chi connectivity index (χ3v) is 2.86. The first-order valence-electron chi connectivity index (χ1n) is 4.93. The van der Waals surface area contributed by atoms with Crippen molar-refractivity contribution >= 4 is 21.7 Å². The Labute approximate surface area is 99.1 Å². The molecule has 0 aromatic carbocycles. The quantitative estimate of drug-likeness (QED) is 0.890.